The average Bonchev–Trinajstić information content (AvgIpc) is 2.82. The highest BCUT2D eigenvalue weighted by Crippen LogP contribution is 2.23. The third kappa shape index (κ3) is 3.24. The van der Waals surface area contributed by atoms with E-state index in [1.54, 1.807) is 19.9 Å². The summed E-state index contributed by atoms with van der Waals surface area (Å²) in [6.07, 6.45) is 2.45. The first-order valence-corrected chi connectivity index (χ1v) is 8.15. The van der Waals surface area contributed by atoms with E-state index in [2.05, 4.69) is 5.32 Å². The summed E-state index contributed by atoms with van der Waals surface area (Å²) in [6, 6.07) is 13.3. The third-order valence-electron chi connectivity index (χ3n) is 4.39. The van der Waals surface area contributed by atoms with E-state index >= 15 is 0 Å². The van der Waals surface area contributed by atoms with Crippen molar-refractivity contribution in [3.8, 4) is 0 Å². The Balaban J connectivity index is 1.71. The number of rotatable bonds is 5. The first kappa shape index (κ1) is 16.4. The summed E-state index contributed by atoms with van der Waals surface area (Å²) in [7, 11) is 0. The lowest BCUT2D eigenvalue weighted by atomic mass is 9.94. The summed E-state index contributed by atoms with van der Waals surface area (Å²) < 4.78 is 0. The fraction of sp³-hybridized carbons (Fsp3) is 0.300. The third-order valence-corrected chi connectivity index (χ3v) is 4.39. The summed E-state index contributed by atoms with van der Waals surface area (Å²) in [5.74, 6) is -0.607. The number of nitrogens with one attached hydrogen (secondary N) is 1. The first-order valence-electron chi connectivity index (χ1n) is 8.15. The molecule has 1 aliphatic heterocycles. The molecule has 124 valence electrons. The average molecular weight is 323 g/mol. The van der Waals surface area contributed by atoms with Crippen LogP contribution in [-0.2, 0) is 18.4 Å². The van der Waals surface area contributed by atoms with Gasteiger partial charge in [-0.05, 0) is 55.9 Å². The lowest BCUT2D eigenvalue weighted by Crippen LogP contribution is -2.20. The van der Waals surface area contributed by atoms with E-state index in [-0.39, 0.29) is 11.8 Å². The Bertz CT molecular complexity index is 803. The lowest BCUT2D eigenvalue weighted by Gasteiger charge is -2.18. The monoisotopic (exact) mass is 323 g/mol. The molecule has 4 nitrogen and oxygen atoms in total. The smallest absolute Gasteiger partial charge is 0.259 e. The molecule has 0 saturated carbocycles. The Morgan fingerprint density at radius 3 is 2.50 bits per heavy atom. The number of hydrogen-bond acceptors (Lipinski definition) is 3. The van der Waals surface area contributed by atoms with Crippen molar-refractivity contribution in [3.63, 3.8) is 0 Å². The standard InChI is InChI=1S/C20H21NO3/c1-20(2,24)15-10-4-7-13(12-15)6-3-8-14-9-5-11-16-17(14)19(23)21-18(16)22/h4-5,7,9-12,24H,3,6,8H2,1-2H3,(H,21,22,23). The van der Waals surface area contributed by atoms with E-state index in [1.807, 2.05) is 36.4 Å². The van der Waals surface area contributed by atoms with E-state index in [4.69, 9.17) is 0 Å². The van der Waals surface area contributed by atoms with Gasteiger partial charge < -0.3 is 5.11 Å². The van der Waals surface area contributed by atoms with Gasteiger partial charge >= 0.3 is 0 Å². The molecule has 0 saturated heterocycles. The molecule has 2 aromatic carbocycles. The van der Waals surface area contributed by atoms with Gasteiger partial charge in [0.1, 0.15) is 0 Å². The Labute approximate surface area is 141 Å². The lowest BCUT2D eigenvalue weighted by molar-refractivity contribution is 0.0784. The number of imide groups is 1. The molecule has 24 heavy (non-hydrogen) atoms. The Kier molecular flexibility index (Phi) is 4.24. The van der Waals surface area contributed by atoms with Gasteiger partial charge in [0.25, 0.3) is 11.8 Å². The molecule has 0 unspecified atom stereocenters. The van der Waals surface area contributed by atoms with Crippen LogP contribution < -0.4 is 5.32 Å². The van der Waals surface area contributed by atoms with Crippen LogP contribution in [-0.4, -0.2) is 16.9 Å². The van der Waals surface area contributed by atoms with Gasteiger partial charge in [-0.2, -0.15) is 0 Å². The van der Waals surface area contributed by atoms with Crippen molar-refractivity contribution in [2.75, 3.05) is 0 Å². The SMILES string of the molecule is CC(C)(O)c1cccc(CCCc2cccc3c2C(=O)NC3=O)c1. The van der Waals surface area contributed by atoms with Crippen LogP contribution in [0.15, 0.2) is 42.5 Å². The molecule has 0 fully saturated rings. The van der Waals surface area contributed by atoms with Crippen molar-refractivity contribution in [1.29, 1.82) is 0 Å². The minimum atomic E-state index is -0.852. The molecule has 2 N–H and O–H groups in total. The van der Waals surface area contributed by atoms with E-state index in [9.17, 15) is 14.7 Å². The normalized spacial score (nSPS) is 13.8. The van der Waals surface area contributed by atoms with Gasteiger partial charge in [-0.1, -0.05) is 36.4 Å². The molecule has 4 heteroatoms. The summed E-state index contributed by atoms with van der Waals surface area (Å²) in [6.45, 7) is 3.55. The van der Waals surface area contributed by atoms with Gasteiger partial charge in [0.05, 0.1) is 16.7 Å². The van der Waals surface area contributed by atoms with Crippen LogP contribution in [0.5, 0.6) is 0 Å². The van der Waals surface area contributed by atoms with Crippen molar-refractivity contribution in [2.24, 2.45) is 0 Å². The van der Waals surface area contributed by atoms with Gasteiger partial charge in [0.2, 0.25) is 0 Å². The van der Waals surface area contributed by atoms with Crippen molar-refractivity contribution in [2.45, 2.75) is 38.7 Å². The Morgan fingerprint density at radius 2 is 1.75 bits per heavy atom. The fourth-order valence-corrected chi connectivity index (χ4v) is 3.09. The quantitative estimate of drug-likeness (QED) is 0.831. The number of fused-ring (bicyclic) bond motifs is 1. The van der Waals surface area contributed by atoms with Crippen molar-refractivity contribution < 1.29 is 14.7 Å². The number of benzene rings is 2. The van der Waals surface area contributed by atoms with Gasteiger partial charge in [0, 0.05) is 0 Å². The molecule has 0 atom stereocenters. The van der Waals surface area contributed by atoms with Crippen LogP contribution in [0, 0.1) is 0 Å². The summed E-state index contributed by atoms with van der Waals surface area (Å²) >= 11 is 0. The second-order valence-corrected chi connectivity index (χ2v) is 6.74. The number of hydrogen-bond donors (Lipinski definition) is 2. The zero-order valence-electron chi connectivity index (χ0n) is 13.9. The Hall–Kier alpha value is -2.46. The van der Waals surface area contributed by atoms with Crippen LogP contribution >= 0.6 is 0 Å². The van der Waals surface area contributed by atoms with Crippen LogP contribution in [0.3, 0.4) is 0 Å². The molecule has 0 spiro atoms. The van der Waals surface area contributed by atoms with Gasteiger partial charge in [-0.25, -0.2) is 0 Å². The van der Waals surface area contributed by atoms with Gasteiger partial charge in [0.15, 0.2) is 0 Å². The van der Waals surface area contributed by atoms with E-state index < -0.39 is 5.60 Å². The van der Waals surface area contributed by atoms with Crippen LogP contribution in [0.25, 0.3) is 0 Å². The number of amides is 2. The van der Waals surface area contributed by atoms with Crippen LogP contribution in [0.1, 0.15) is 57.7 Å². The van der Waals surface area contributed by atoms with Crippen molar-refractivity contribution >= 4 is 11.8 Å². The molecule has 2 amide bonds. The maximum Gasteiger partial charge on any atom is 0.259 e. The maximum absolute atomic E-state index is 11.9. The van der Waals surface area contributed by atoms with Gasteiger partial charge in [-0.15, -0.1) is 0 Å². The van der Waals surface area contributed by atoms with Crippen LogP contribution in [0.2, 0.25) is 0 Å². The number of aryl methyl sites for hydroxylation is 2. The molecule has 0 aromatic heterocycles. The molecular weight excluding hydrogens is 302 g/mol. The van der Waals surface area contributed by atoms with E-state index in [1.165, 1.54) is 0 Å². The molecule has 1 heterocycles. The largest absolute Gasteiger partial charge is 0.386 e. The first-order chi connectivity index (χ1) is 11.4. The fourth-order valence-electron chi connectivity index (χ4n) is 3.09. The minimum absolute atomic E-state index is 0.297. The minimum Gasteiger partial charge on any atom is -0.386 e. The molecule has 1 aliphatic rings. The van der Waals surface area contributed by atoms with Crippen LogP contribution in [0.4, 0.5) is 0 Å². The number of carbonyl (C=O) groups excluding carboxylic acids is 2. The highest BCUT2D eigenvalue weighted by molar-refractivity contribution is 6.22. The number of carbonyl (C=O) groups is 2. The predicted octanol–water partition coefficient (Wildman–Crippen LogP) is 2.97. The second kappa shape index (κ2) is 6.21. The Morgan fingerprint density at radius 1 is 1.00 bits per heavy atom. The molecule has 3 rings (SSSR count). The molecule has 0 aliphatic carbocycles. The summed E-state index contributed by atoms with van der Waals surface area (Å²) in [5.41, 5.74) is 3.10. The second-order valence-electron chi connectivity index (χ2n) is 6.74. The zero-order chi connectivity index (χ0) is 17.3. The predicted molar refractivity (Wildman–Crippen MR) is 92.0 cm³/mol. The van der Waals surface area contributed by atoms with Gasteiger partial charge in [-0.3, -0.25) is 14.9 Å². The highest BCUT2D eigenvalue weighted by atomic mass is 16.3. The molecule has 0 radical (unpaired) electrons. The zero-order valence-corrected chi connectivity index (χ0v) is 13.9. The highest BCUT2D eigenvalue weighted by Gasteiger charge is 2.28. The van der Waals surface area contributed by atoms with E-state index in [0.29, 0.717) is 11.1 Å². The molecular formula is C20H21NO3. The molecule has 0 bridgehead atoms. The maximum atomic E-state index is 11.9. The number of aliphatic hydroxyl groups is 1. The van der Waals surface area contributed by atoms with Crippen molar-refractivity contribution in [1.82, 2.24) is 5.32 Å². The topological polar surface area (TPSA) is 66.4 Å². The summed E-state index contributed by atoms with van der Waals surface area (Å²) in [5, 5.41) is 12.4. The molecule has 2 aromatic rings. The van der Waals surface area contributed by atoms with Crippen molar-refractivity contribution in [3.05, 3.63) is 70.3 Å². The summed E-state index contributed by atoms with van der Waals surface area (Å²) in [4.78, 5) is 23.6. The van der Waals surface area contributed by atoms with E-state index in [0.717, 1.165) is 36.0 Å².